The number of hydrogen-bond acceptors (Lipinski definition) is 15. The minimum absolute atomic E-state index is 0.108. The molecule has 570 valence electrons. The number of aliphatic hydroxyl groups excluding tert-OH is 1. The summed E-state index contributed by atoms with van der Waals surface area (Å²) in [5, 5.41) is 10.6. The summed E-state index contributed by atoms with van der Waals surface area (Å²) in [6.07, 6.45) is 59.5. The van der Waals surface area contributed by atoms with Crippen molar-refractivity contribution >= 4 is 39.5 Å². The highest BCUT2D eigenvalue weighted by atomic mass is 31.2. The molecule has 0 saturated carbocycles. The molecule has 0 amide bonds. The second-order valence-corrected chi connectivity index (χ2v) is 30.9. The van der Waals surface area contributed by atoms with Gasteiger partial charge in [-0.1, -0.05) is 356 Å². The zero-order chi connectivity index (χ0) is 70.5. The van der Waals surface area contributed by atoms with E-state index in [9.17, 15) is 43.2 Å². The molecule has 0 aromatic heterocycles. The summed E-state index contributed by atoms with van der Waals surface area (Å²) < 4.78 is 68.6. The van der Waals surface area contributed by atoms with Crippen LogP contribution in [-0.2, 0) is 65.4 Å². The van der Waals surface area contributed by atoms with Crippen molar-refractivity contribution in [2.45, 2.75) is 425 Å². The molecule has 3 N–H and O–H groups in total. The number of phosphoric acid groups is 2. The number of esters is 4. The van der Waals surface area contributed by atoms with Gasteiger partial charge < -0.3 is 33.8 Å². The summed E-state index contributed by atoms with van der Waals surface area (Å²) in [5.41, 5.74) is 0. The van der Waals surface area contributed by atoms with Crippen molar-refractivity contribution in [2.24, 2.45) is 5.92 Å². The molecule has 0 spiro atoms. The molecule has 0 heterocycles. The van der Waals surface area contributed by atoms with Crippen LogP contribution in [0.5, 0.6) is 0 Å². The summed E-state index contributed by atoms with van der Waals surface area (Å²) >= 11 is 0. The fourth-order valence-corrected chi connectivity index (χ4v) is 13.4. The molecule has 0 saturated heterocycles. The Morgan fingerprint density at radius 1 is 0.292 bits per heavy atom. The second kappa shape index (κ2) is 70.1. The van der Waals surface area contributed by atoms with Crippen LogP contribution in [0, 0.1) is 5.92 Å². The van der Waals surface area contributed by atoms with Gasteiger partial charge in [-0.2, -0.15) is 0 Å². The van der Waals surface area contributed by atoms with Crippen molar-refractivity contribution in [2.75, 3.05) is 39.6 Å². The number of unbranched alkanes of at least 4 members (excludes halogenated alkanes) is 48. The quantitative estimate of drug-likeness (QED) is 0.0222. The lowest BCUT2D eigenvalue weighted by Gasteiger charge is -2.21. The number of rotatable bonds is 77. The van der Waals surface area contributed by atoms with Crippen LogP contribution in [-0.4, -0.2) is 96.7 Å². The van der Waals surface area contributed by atoms with E-state index in [4.69, 9.17) is 37.0 Å². The molecule has 0 radical (unpaired) electrons. The van der Waals surface area contributed by atoms with Crippen molar-refractivity contribution in [3.05, 3.63) is 0 Å². The molecule has 0 aliphatic heterocycles. The summed E-state index contributed by atoms with van der Waals surface area (Å²) in [4.78, 5) is 72.8. The predicted molar refractivity (Wildman–Crippen MR) is 391 cm³/mol. The Morgan fingerprint density at radius 3 is 0.740 bits per heavy atom. The molecule has 0 bridgehead atoms. The normalized spacial score (nSPS) is 14.2. The summed E-state index contributed by atoms with van der Waals surface area (Å²) in [6, 6.07) is 0. The van der Waals surface area contributed by atoms with Gasteiger partial charge in [0.2, 0.25) is 0 Å². The number of phosphoric ester groups is 2. The van der Waals surface area contributed by atoms with Gasteiger partial charge in [-0.25, -0.2) is 9.13 Å². The van der Waals surface area contributed by atoms with Gasteiger partial charge in [-0.15, -0.1) is 0 Å². The standard InChI is InChI=1S/C77H150O17P2/c1-6-10-13-16-19-22-25-27-28-29-30-31-32-34-36-43-48-53-58-63-77(82)94-73(67-88-75(80)61-56-51-46-41-38-37-39-44-49-54-59-70(5)9-4)69-92-96(85,86)90-65-71(78)64-89-95(83,84)91-68-72(66-87-74(79)60-55-50-45-40-24-21-18-15-12-8-3)93-76(81)62-57-52-47-42-35-33-26-23-20-17-14-11-7-2/h70-73,78H,6-69H2,1-5H3,(H,83,84)(H,85,86)/t70?,71-,72+,73+/m0/s1. The molecule has 19 heteroatoms. The van der Waals surface area contributed by atoms with Crippen molar-refractivity contribution in [3.8, 4) is 0 Å². The first kappa shape index (κ1) is 94.1. The van der Waals surface area contributed by atoms with Gasteiger partial charge >= 0.3 is 39.5 Å². The van der Waals surface area contributed by atoms with Gasteiger partial charge in [-0.3, -0.25) is 37.3 Å². The third kappa shape index (κ3) is 69.2. The van der Waals surface area contributed by atoms with E-state index in [0.29, 0.717) is 25.7 Å². The van der Waals surface area contributed by atoms with Crippen LogP contribution in [0.2, 0.25) is 0 Å². The largest absolute Gasteiger partial charge is 0.472 e. The van der Waals surface area contributed by atoms with Gasteiger partial charge in [0, 0.05) is 25.7 Å². The second-order valence-electron chi connectivity index (χ2n) is 28.0. The van der Waals surface area contributed by atoms with Gasteiger partial charge in [0.25, 0.3) is 0 Å². The van der Waals surface area contributed by atoms with Gasteiger partial charge in [-0.05, 0) is 31.6 Å². The number of ether oxygens (including phenoxy) is 4. The molecule has 17 nitrogen and oxygen atoms in total. The topological polar surface area (TPSA) is 237 Å². The first-order chi connectivity index (χ1) is 46.6. The molecule has 0 aromatic rings. The number of carbonyl (C=O) groups is 4. The van der Waals surface area contributed by atoms with E-state index in [2.05, 4.69) is 34.6 Å². The Balaban J connectivity index is 5.23. The van der Waals surface area contributed by atoms with E-state index in [1.165, 1.54) is 231 Å². The predicted octanol–water partition coefficient (Wildman–Crippen LogP) is 22.9. The lowest BCUT2D eigenvalue weighted by Crippen LogP contribution is -2.30. The first-order valence-corrected chi connectivity index (χ1v) is 43.2. The molecule has 3 unspecified atom stereocenters. The zero-order valence-electron chi connectivity index (χ0n) is 62.5. The molecule has 0 aliphatic rings. The number of hydrogen-bond donors (Lipinski definition) is 3. The summed E-state index contributed by atoms with van der Waals surface area (Å²) in [6.45, 7) is 7.33. The maximum Gasteiger partial charge on any atom is 0.472 e. The van der Waals surface area contributed by atoms with Crippen LogP contribution in [0.15, 0.2) is 0 Å². The molecule has 96 heavy (non-hydrogen) atoms. The SMILES string of the molecule is CCCCCCCCCCCCCCCCCCCCCC(=O)O[C@H](COC(=O)CCCCCCCCCCCCC(C)CC)COP(=O)(O)OC[C@@H](O)COP(=O)(O)OC[C@@H](COC(=O)CCCCCCCCCCCC)OC(=O)CCCCCCCCCCCCCCC. The molecular formula is C77H150O17P2. The number of carbonyl (C=O) groups excluding carboxylic acids is 4. The fraction of sp³-hybridized carbons (Fsp3) is 0.948. The Bertz CT molecular complexity index is 1840. The highest BCUT2D eigenvalue weighted by Crippen LogP contribution is 2.45. The minimum Gasteiger partial charge on any atom is -0.462 e. The molecule has 0 aliphatic carbocycles. The van der Waals surface area contributed by atoms with Gasteiger partial charge in [0.15, 0.2) is 12.2 Å². The third-order valence-corrected chi connectivity index (χ3v) is 20.3. The molecule has 0 aromatic carbocycles. The summed E-state index contributed by atoms with van der Waals surface area (Å²) in [7, 11) is -9.91. The zero-order valence-corrected chi connectivity index (χ0v) is 64.3. The van der Waals surface area contributed by atoms with E-state index < -0.39 is 97.5 Å². The van der Waals surface area contributed by atoms with E-state index in [0.717, 1.165) is 95.8 Å². The third-order valence-electron chi connectivity index (χ3n) is 18.4. The number of aliphatic hydroxyl groups is 1. The van der Waals surface area contributed by atoms with Gasteiger partial charge in [0.05, 0.1) is 26.4 Å². The molecule has 0 fully saturated rings. The van der Waals surface area contributed by atoms with Crippen molar-refractivity contribution in [1.82, 2.24) is 0 Å². The van der Waals surface area contributed by atoms with Crippen LogP contribution >= 0.6 is 15.6 Å². The maximum atomic E-state index is 13.1. The summed E-state index contributed by atoms with van der Waals surface area (Å²) in [5.74, 6) is -1.30. The lowest BCUT2D eigenvalue weighted by atomic mass is 9.99. The van der Waals surface area contributed by atoms with Crippen LogP contribution in [0.3, 0.4) is 0 Å². The monoisotopic (exact) mass is 1410 g/mol. The highest BCUT2D eigenvalue weighted by Gasteiger charge is 2.30. The van der Waals surface area contributed by atoms with Crippen LogP contribution < -0.4 is 0 Å². The van der Waals surface area contributed by atoms with E-state index in [1.54, 1.807) is 0 Å². The average molecular weight is 1410 g/mol. The Labute approximate surface area is 588 Å². The van der Waals surface area contributed by atoms with E-state index in [1.807, 2.05) is 0 Å². The minimum atomic E-state index is -4.96. The highest BCUT2D eigenvalue weighted by molar-refractivity contribution is 7.47. The maximum absolute atomic E-state index is 13.1. The fourth-order valence-electron chi connectivity index (χ4n) is 11.8. The molecular weight excluding hydrogens is 1260 g/mol. The van der Waals surface area contributed by atoms with Gasteiger partial charge in [0.1, 0.15) is 19.3 Å². The average Bonchev–Trinajstić information content (AvgIpc) is 2.11. The van der Waals surface area contributed by atoms with Crippen molar-refractivity contribution in [1.29, 1.82) is 0 Å². The van der Waals surface area contributed by atoms with Crippen LogP contribution in [0.25, 0.3) is 0 Å². The Hall–Kier alpha value is -1.94. The molecule has 6 atom stereocenters. The lowest BCUT2D eigenvalue weighted by molar-refractivity contribution is -0.161. The van der Waals surface area contributed by atoms with Crippen molar-refractivity contribution in [3.63, 3.8) is 0 Å². The smallest absolute Gasteiger partial charge is 0.462 e. The first-order valence-electron chi connectivity index (χ1n) is 40.2. The Kier molecular flexibility index (Phi) is 68.7. The van der Waals surface area contributed by atoms with Crippen LogP contribution in [0.4, 0.5) is 0 Å². The van der Waals surface area contributed by atoms with Crippen molar-refractivity contribution < 1.29 is 80.2 Å². The van der Waals surface area contributed by atoms with Crippen LogP contribution in [0.1, 0.15) is 407 Å². The van der Waals surface area contributed by atoms with E-state index >= 15 is 0 Å². The molecule has 0 rings (SSSR count). The van der Waals surface area contributed by atoms with E-state index in [-0.39, 0.29) is 25.7 Å². The Morgan fingerprint density at radius 2 is 0.500 bits per heavy atom.